The first-order valence-corrected chi connectivity index (χ1v) is 6.05. The van der Waals surface area contributed by atoms with E-state index in [1.165, 1.54) is 0 Å². The van der Waals surface area contributed by atoms with E-state index in [4.69, 9.17) is 0 Å². The largest absolute Gasteiger partial charge is 0.315 e. The van der Waals surface area contributed by atoms with Gasteiger partial charge in [-0.1, -0.05) is 19.9 Å². The molecule has 0 spiro atoms. The van der Waals surface area contributed by atoms with Gasteiger partial charge in [0.1, 0.15) is 5.82 Å². The molecule has 1 heterocycles. The number of amides is 1. The fraction of sp³-hybridized carbons (Fsp3) is 0.538. The maximum Gasteiger partial charge on any atom is 0.225 e. The number of carbonyl (C=O) groups is 1. The van der Waals surface area contributed by atoms with Crippen LogP contribution in [-0.2, 0) is 4.79 Å². The van der Waals surface area contributed by atoms with E-state index in [0.717, 1.165) is 18.7 Å². The summed E-state index contributed by atoms with van der Waals surface area (Å²) < 4.78 is 0. The third-order valence-corrected chi connectivity index (χ3v) is 2.29. The van der Waals surface area contributed by atoms with E-state index in [0.29, 0.717) is 18.3 Å². The maximum atomic E-state index is 11.6. The molecule has 1 aromatic heterocycles. The van der Waals surface area contributed by atoms with Gasteiger partial charge in [0.25, 0.3) is 0 Å². The zero-order chi connectivity index (χ0) is 12.7. The molecule has 0 unspecified atom stereocenters. The lowest BCUT2D eigenvalue weighted by molar-refractivity contribution is -0.116. The van der Waals surface area contributed by atoms with Gasteiger partial charge in [0, 0.05) is 18.2 Å². The van der Waals surface area contributed by atoms with Crippen molar-refractivity contribution < 1.29 is 4.79 Å². The van der Waals surface area contributed by atoms with Gasteiger partial charge in [0.2, 0.25) is 5.91 Å². The monoisotopic (exact) mass is 235 g/mol. The molecule has 1 amide bonds. The van der Waals surface area contributed by atoms with Crippen LogP contribution in [0.3, 0.4) is 0 Å². The average Bonchev–Trinajstić information content (AvgIpc) is 2.24. The van der Waals surface area contributed by atoms with Gasteiger partial charge in [0.15, 0.2) is 0 Å². The molecule has 0 aromatic carbocycles. The molecule has 1 rings (SSSR count). The summed E-state index contributed by atoms with van der Waals surface area (Å²) in [6.07, 6.45) is 1.37. The summed E-state index contributed by atoms with van der Waals surface area (Å²) in [5.41, 5.74) is 0.907. The van der Waals surface area contributed by atoms with E-state index in [1.54, 1.807) is 6.07 Å². The second kappa shape index (κ2) is 7.01. The number of hydrogen-bond donors (Lipinski definition) is 2. The van der Waals surface area contributed by atoms with E-state index in [-0.39, 0.29) is 5.91 Å². The topological polar surface area (TPSA) is 54.0 Å². The third-order valence-electron chi connectivity index (χ3n) is 2.29. The molecule has 0 fully saturated rings. The molecule has 0 atom stereocenters. The molecule has 4 nitrogen and oxygen atoms in total. The lowest BCUT2D eigenvalue weighted by atomic mass is 10.2. The summed E-state index contributed by atoms with van der Waals surface area (Å²) in [5, 5.41) is 6.07. The molecule has 4 heteroatoms. The SMILES string of the molecule is Cc1cccc(NC(=O)CCCNC(C)C)n1. The van der Waals surface area contributed by atoms with Crippen LogP contribution >= 0.6 is 0 Å². The van der Waals surface area contributed by atoms with Crippen LogP contribution in [0.1, 0.15) is 32.4 Å². The number of hydrogen-bond acceptors (Lipinski definition) is 3. The lowest BCUT2D eigenvalue weighted by Gasteiger charge is -2.08. The molecule has 94 valence electrons. The Morgan fingerprint density at radius 3 is 2.82 bits per heavy atom. The van der Waals surface area contributed by atoms with Gasteiger partial charge in [-0.25, -0.2) is 4.98 Å². The Kier molecular flexibility index (Phi) is 5.63. The molecule has 0 aliphatic carbocycles. The number of pyridine rings is 1. The van der Waals surface area contributed by atoms with Crippen LogP contribution < -0.4 is 10.6 Å². The number of nitrogens with zero attached hydrogens (tertiary/aromatic N) is 1. The van der Waals surface area contributed by atoms with Gasteiger partial charge >= 0.3 is 0 Å². The highest BCUT2D eigenvalue weighted by Gasteiger charge is 2.03. The Labute approximate surface area is 103 Å². The maximum absolute atomic E-state index is 11.6. The summed E-state index contributed by atoms with van der Waals surface area (Å²) in [6.45, 7) is 6.96. The minimum Gasteiger partial charge on any atom is -0.315 e. The molecule has 17 heavy (non-hydrogen) atoms. The summed E-state index contributed by atoms with van der Waals surface area (Å²) in [6, 6.07) is 6.06. The second-order valence-corrected chi connectivity index (χ2v) is 4.42. The summed E-state index contributed by atoms with van der Waals surface area (Å²) in [7, 11) is 0. The highest BCUT2D eigenvalue weighted by molar-refractivity contribution is 5.89. The Hall–Kier alpha value is -1.42. The number of aromatic nitrogens is 1. The van der Waals surface area contributed by atoms with Gasteiger partial charge < -0.3 is 10.6 Å². The van der Waals surface area contributed by atoms with Crippen molar-refractivity contribution in [3.05, 3.63) is 23.9 Å². The third kappa shape index (κ3) is 6.02. The van der Waals surface area contributed by atoms with Crippen molar-refractivity contribution in [1.82, 2.24) is 10.3 Å². The smallest absolute Gasteiger partial charge is 0.225 e. The van der Waals surface area contributed by atoms with Crippen LogP contribution in [0.2, 0.25) is 0 Å². The van der Waals surface area contributed by atoms with Crippen LogP contribution in [0.25, 0.3) is 0 Å². The summed E-state index contributed by atoms with van der Waals surface area (Å²) in [5.74, 6) is 0.653. The Morgan fingerprint density at radius 2 is 2.18 bits per heavy atom. The van der Waals surface area contributed by atoms with Crippen molar-refractivity contribution >= 4 is 11.7 Å². The van der Waals surface area contributed by atoms with Crippen molar-refractivity contribution in [2.45, 2.75) is 39.7 Å². The molecular formula is C13H21N3O. The lowest BCUT2D eigenvalue weighted by Crippen LogP contribution is -2.24. The minimum absolute atomic E-state index is 0.0219. The number of carbonyl (C=O) groups excluding carboxylic acids is 1. The fourth-order valence-corrected chi connectivity index (χ4v) is 1.46. The fourth-order valence-electron chi connectivity index (χ4n) is 1.46. The zero-order valence-corrected chi connectivity index (χ0v) is 10.8. The highest BCUT2D eigenvalue weighted by atomic mass is 16.1. The molecule has 2 N–H and O–H groups in total. The highest BCUT2D eigenvalue weighted by Crippen LogP contribution is 2.04. The van der Waals surface area contributed by atoms with Gasteiger partial charge in [-0.15, -0.1) is 0 Å². The van der Waals surface area contributed by atoms with Gasteiger partial charge in [-0.05, 0) is 32.0 Å². The van der Waals surface area contributed by atoms with Gasteiger partial charge in [0.05, 0.1) is 0 Å². The minimum atomic E-state index is 0.0219. The molecular weight excluding hydrogens is 214 g/mol. The van der Waals surface area contributed by atoms with Crippen LogP contribution in [0.5, 0.6) is 0 Å². The number of rotatable bonds is 6. The first kappa shape index (κ1) is 13.6. The first-order chi connectivity index (χ1) is 8.08. The molecule has 0 aliphatic rings. The van der Waals surface area contributed by atoms with E-state index < -0.39 is 0 Å². The molecule has 0 radical (unpaired) electrons. The van der Waals surface area contributed by atoms with Gasteiger partial charge in [-0.3, -0.25) is 4.79 Å². The second-order valence-electron chi connectivity index (χ2n) is 4.42. The predicted octanol–water partition coefficient (Wildman–Crippen LogP) is 2.11. The van der Waals surface area contributed by atoms with E-state index >= 15 is 0 Å². The van der Waals surface area contributed by atoms with Crippen molar-refractivity contribution in [2.24, 2.45) is 0 Å². The summed E-state index contributed by atoms with van der Waals surface area (Å²) >= 11 is 0. The molecule has 1 aromatic rings. The van der Waals surface area contributed by atoms with Crippen molar-refractivity contribution in [1.29, 1.82) is 0 Å². The van der Waals surface area contributed by atoms with Gasteiger partial charge in [-0.2, -0.15) is 0 Å². The van der Waals surface area contributed by atoms with E-state index in [2.05, 4.69) is 29.5 Å². The molecule has 0 aliphatic heterocycles. The van der Waals surface area contributed by atoms with Crippen molar-refractivity contribution in [3.8, 4) is 0 Å². The normalized spacial score (nSPS) is 10.6. The van der Waals surface area contributed by atoms with Crippen LogP contribution in [0.4, 0.5) is 5.82 Å². The average molecular weight is 235 g/mol. The molecule has 0 saturated carbocycles. The van der Waals surface area contributed by atoms with Crippen molar-refractivity contribution in [2.75, 3.05) is 11.9 Å². The number of anilines is 1. The number of aryl methyl sites for hydroxylation is 1. The Bertz CT molecular complexity index is 363. The molecule has 0 bridgehead atoms. The van der Waals surface area contributed by atoms with Crippen LogP contribution in [0, 0.1) is 6.92 Å². The Morgan fingerprint density at radius 1 is 1.41 bits per heavy atom. The zero-order valence-electron chi connectivity index (χ0n) is 10.8. The van der Waals surface area contributed by atoms with Crippen LogP contribution in [-0.4, -0.2) is 23.5 Å². The summed E-state index contributed by atoms with van der Waals surface area (Å²) in [4.78, 5) is 15.8. The van der Waals surface area contributed by atoms with Crippen molar-refractivity contribution in [3.63, 3.8) is 0 Å². The molecule has 0 saturated heterocycles. The number of nitrogens with one attached hydrogen (secondary N) is 2. The predicted molar refractivity (Wildman–Crippen MR) is 70.0 cm³/mol. The Balaban J connectivity index is 2.25. The van der Waals surface area contributed by atoms with E-state index in [9.17, 15) is 4.79 Å². The van der Waals surface area contributed by atoms with Crippen LogP contribution in [0.15, 0.2) is 18.2 Å². The van der Waals surface area contributed by atoms with E-state index in [1.807, 2.05) is 19.1 Å². The quantitative estimate of drug-likeness (QED) is 0.742. The first-order valence-electron chi connectivity index (χ1n) is 6.05. The standard InChI is InChI=1S/C13H21N3O/c1-10(2)14-9-5-8-13(17)16-12-7-4-6-11(3)15-12/h4,6-7,10,14H,5,8-9H2,1-3H3,(H,15,16,17).